The van der Waals surface area contributed by atoms with E-state index in [9.17, 15) is 27.2 Å². The second-order valence-electron chi connectivity index (χ2n) is 6.96. The number of halogens is 4. The molecule has 150 valence electrons. The number of ether oxygens (including phenoxy) is 1. The average molecular weight is 399 g/mol. The third kappa shape index (κ3) is 2.96. The summed E-state index contributed by atoms with van der Waals surface area (Å²) in [7, 11) is 0. The van der Waals surface area contributed by atoms with E-state index in [0.717, 1.165) is 22.8 Å². The van der Waals surface area contributed by atoms with Gasteiger partial charge in [-0.25, -0.2) is 9.18 Å². The molecule has 10 heteroatoms. The maximum absolute atomic E-state index is 14.3. The Bertz CT molecular complexity index is 1040. The minimum Gasteiger partial charge on any atom is -0.364 e. The van der Waals surface area contributed by atoms with Crippen molar-refractivity contribution in [2.45, 2.75) is 37.8 Å². The highest BCUT2D eigenvalue weighted by molar-refractivity contribution is 5.34. The lowest BCUT2D eigenvalue weighted by atomic mass is 9.86. The van der Waals surface area contributed by atoms with E-state index in [0.29, 0.717) is 25.9 Å². The number of alkyl halides is 3. The Labute approximate surface area is 156 Å². The fourth-order valence-electron chi connectivity index (χ4n) is 4.05. The van der Waals surface area contributed by atoms with Crippen molar-refractivity contribution in [3.05, 3.63) is 67.2 Å². The fraction of sp³-hybridized carbons (Fsp3) is 0.444. The highest BCUT2D eigenvalue weighted by atomic mass is 19.4. The van der Waals surface area contributed by atoms with Gasteiger partial charge in [0.15, 0.2) is 0 Å². The van der Waals surface area contributed by atoms with Crippen LogP contribution in [-0.2, 0) is 29.7 Å². The summed E-state index contributed by atoms with van der Waals surface area (Å²) in [6.45, 7) is 0.453. The number of H-pyrrole nitrogens is 1. The first-order chi connectivity index (χ1) is 13.2. The molecule has 0 saturated carbocycles. The van der Waals surface area contributed by atoms with Crippen molar-refractivity contribution in [3.8, 4) is 0 Å². The number of rotatable bonds is 2. The van der Waals surface area contributed by atoms with Gasteiger partial charge in [-0.15, -0.1) is 0 Å². The van der Waals surface area contributed by atoms with Crippen LogP contribution in [0.5, 0.6) is 0 Å². The van der Waals surface area contributed by atoms with Gasteiger partial charge < -0.3 is 10.1 Å². The molecule has 2 aromatic rings. The van der Waals surface area contributed by atoms with Crippen LogP contribution >= 0.6 is 0 Å². The molecule has 6 nitrogen and oxygen atoms in total. The molecule has 0 bridgehead atoms. The van der Waals surface area contributed by atoms with Gasteiger partial charge in [0.25, 0.3) is 5.56 Å². The molecule has 2 N–H and O–H groups in total. The molecule has 4 rings (SSSR count). The van der Waals surface area contributed by atoms with Crippen molar-refractivity contribution in [1.82, 2.24) is 14.9 Å². The Morgan fingerprint density at radius 2 is 1.89 bits per heavy atom. The van der Waals surface area contributed by atoms with E-state index in [1.807, 2.05) is 0 Å². The van der Waals surface area contributed by atoms with Gasteiger partial charge in [-0.1, -0.05) is 6.07 Å². The maximum Gasteiger partial charge on any atom is 0.416 e. The minimum atomic E-state index is -4.78. The van der Waals surface area contributed by atoms with Gasteiger partial charge in [0.05, 0.1) is 30.0 Å². The number of nitrogens with zero attached hydrogens (tertiary/aromatic N) is 1. The fourth-order valence-corrected chi connectivity index (χ4v) is 4.05. The Balaban J connectivity index is 1.87. The quantitative estimate of drug-likeness (QED) is 0.756. The van der Waals surface area contributed by atoms with E-state index < -0.39 is 46.5 Å². The molecule has 0 amide bonds. The Kier molecular flexibility index (Phi) is 4.42. The first-order valence-corrected chi connectivity index (χ1v) is 8.79. The summed E-state index contributed by atoms with van der Waals surface area (Å²) in [4.78, 5) is 27.0. The molecular weight excluding hydrogens is 382 g/mol. The molecule has 2 aliphatic heterocycles. The standard InChI is InChI=1S/C18H17F4N3O3/c19-12-3-1-2-11(18(20,21)22)10(12)8-25-13-9-28-17(4-6-23-7-5-17)14(13)15(26)24-16(25)27/h1-3,23H,4-9H2,(H,24,26,27). The molecule has 1 fully saturated rings. The summed E-state index contributed by atoms with van der Waals surface area (Å²) >= 11 is 0. The van der Waals surface area contributed by atoms with E-state index in [1.165, 1.54) is 0 Å². The molecule has 1 saturated heterocycles. The average Bonchev–Trinajstić information content (AvgIpc) is 2.98. The molecule has 28 heavy (non-hydrogen) atoms. The van der Waals surface area contributed by atoms with Crippen LogP contribution in [0.25, 0.3) is 0 Å². The third-order valence-corrected chi connectivity index (χ3v) is 5.40. The Morgan fingerprint density at radius 1 is 1.18 bits per heavy atom. The summed E-state index contributed by atoms with van der Waals surface area (Å²) in [5.74, 6) is -1.07. The van der Waals surface area contributed by atoms with Gasteiger partial charge in [-0.2, -0.15) is 13.2 Å². The summed E-state index contributed by atoms with van der Waals surface area (Å²) in [6.07, 6.45) is -3.79. The van der Waals surface area contributed by atoms with E-state index in [-0.39, 0.29) is 17.9 Å². The SMILES string of the molecule is O=c1[nH]c(=O)n(Cc2c(F)cccc2C(F)(F)F)c2c1C1(CCNCC1)OC2. The zero-order valence-corrected chi connectivity index (χ0v) is 14.7. The van der Waals surface area contributed by atoms with E-state index in [1.54, 1.807) is 0 Å². The van der Waals surface area contributed by atoms with E-state index in [4.69, 9.17) is 4.74 Å². The van der Waals surface area contributed by atoms with Crippen molar-refractivity contribution in [2.24, 2.45) is 0 Å². The van der Waals surface area contributed by atoms with E-state index in [2.05, 4.69) is 10.3 Å². The molecule has 0 aliphatic carbocycles. The lowest BCUT2D eigenvalue weighted by Gasteiger charge is -2.33. The van der Waals surface area contributed by atoms with Crippen molar-refractivity contribution >= 4 is 0 Å². The number of aromatic amines is 1. The van der Waals surface area contributed by atoms with Gasteiger partial charge in [0.1, 0.15) is 11.4 Å². The lowest BCUT2D eigenvalue weighted by Crippen LogP contribution is -2.44. The van der Waals surface area contributed by atoms with Crippen molar-refractivity contribution in [2.75, 3.05) is 13.1 Å². The van der Waals surface area contributed by atoms with E-state index >= 15 is 0 Å². The predicted octanol–water partition coefficient (Wildman–Crippen LogP) is 1.85. The van der Waals surface area contributed by atoms with Crippen LogP contribution in [0.1, 0.15) is 35.2 Å². The summed E-state index contributed by atoms with van der Waals surface area (Å²) in [5.41, 5.74) is -3.75. The second-order valence-corrected chi connectivity index (χ2v) is 6.96. The van der Waals surface area contributed by atoms with Gasteiger partial charge in [0, 0.05) is 5.56 Å². The molecule has 2 aliphatic rings. The highest BCUT2D eigenvalue weighted by Crippen LogP contribution is 2.41. The number of aromatic nitrogens is 2. The maximum atomic E-state index is 14.3. The Hall–Kier alpha value is -2.46. The summed E-state index contributed by atoms with van der Waals surface area (Å²) < 4.78 is 61.0. The molecule has 3 heterocycles. The van der Waals surface area contributed by atoms with Crippen LogP contribution in [0.2, 0.25) is 0 Å². The predicted molar refractivity (Wildman–Crippen MR) is 90.4 cm³/mol. The normalized spacial score (nSPS) is 18.4. The molecule has 0 unspecified atom stereocenters. The monoisotopic (exact) mass is 399 g/mol. The van der Waals surface area contributed by atoms with Gasteiger partial charge in [-0.3, -0.25) is 14.3 Å². The largest absolute Gasteiger partial charge is 0.416 e. The Morgan fingerprint density at radius 3 is 2.57 bits per heavy atom. The number of fused-ring (bicyclic) bond motifs is 2. The van der Waals surface area contributed by atoms with Crippen LogP contribution in [-0.4, -0.2) is 22.6 Å². The number of hydrogen-bond donors (Lipinski definition) is 2. The first-order valence-electron chi connectivity index (χ1n) is 8.79. The molecule has 1 aromatic heterocycles. The van der Waals surface area contributed by atoms with Crippen molar-refractivity contribution in [1.29, 1.82) is 0 Å². The topological polar surface area (TPSA) is 76.1 Å². The lowest BCUT2D eigenvalue weighted by molar-refractivity contribution is -0.138. The second kappa shape index (κ2) is 6.56. The number of nitrogens with one attached hydrogen (secondary N) is 2. The zero-order chi connectivity index (χ0) is 20.1. The van der Waals surface area contributed by atoms with Crippen LogP contribution in [0.4, 0.5) is 17.6 Å². The summed E-state index contributed by atoms with van der Waals surface area (Å²) in [6, 6.07) is 2.64. The minimum absolute atomic E-state index is 0.0930. The summed E-state index contributed by atoms with van der Waals surface area (Å²) in [5, 5.41) is 3.15. The van der Waals surface area contributed by atoms with Gasteiger partial charge in [-0.05, 0) is 38.1 Å². The highest BCUT2D eigenvalue weighted by Gasteiger charge is 2.45. The third-order valence-electron chi connectivity index (χ3n) is 5.40. The molecular formula is C18H17F4N3O3. The molecule has 0 atom stereocenters. The zero-order valence-electron chi connectivity index (χ0n) is 14.7. The number of benzene rings is 1. The van der Waals surface area contributed by atoms with Gasteiger partial charge in [0.2, 0.25) is 0 Å². The van der Waals surface area contributed by atoms with Gasteiger partial charge >= 0.3 is 11.9 Å². The van der Waals surface area contributed by atoms with Crippen LogP contribution < -0.4 is 16.6 Å². The first kappa shape index (κ1) is 18.9. The number of hydrogen-bond acceptors (Lipinski definition) is 4. The van der Waals surface area contributed by atoms with Crippen LogP contribution in [0, 0.1) is 5.82 Å². The van der Waals surface area contributed by atoms with Crippen molar-refractivity contribution < 1.29 is 22.3 Å². The van der Waals surface area contributed by atoms with Crippen LogP contribution in [0.3, 0.4) is 0 Å². The molecule has 0 radical (unpaired) electrons. The van der Waals surface area contributed by atoms with Crippen LogP contribution in [0.15, 0.2) is 27.8 Å². The number of piperidine rings is 1. The van der Waals surface area contributed by atoms with Crippen molar-refractivity contribution in [3.63, 3.8) is 0 Å². The molecule has 1 spiro atoms. The smallest absolute Gasteiger partial charge is 0.364 e. The molecule has 1 aromatic carbocycles.